The largest absolute Gasteiger partial charge is 0.350 e. The van der Waals surface area contributed by atoms with Crippen LogP contribution in [0, 0.1) is 12.8 Å². The number of carbonyl (C=O) groups is 2. The number of benzene rings is 1. The second kappa shape index (κ2) is 6.71. The topological polar surface area (TPSA) is 75.4 Å². The summed E-state index contributed by atoms with van der Waals surface area (Å²) in [4.78, 5) is 26.5. The summed E-state index contributed by atoms with van der Waals surface area (Å²) in [6.07, 6.45) is 3.32. The highest BCUT2D eigenvalue weighted by Gasteiger charge is 2.38. The van der Waals surface area contributed by atoms with E-state index in [1.54, 1.807) is 4.90 Å². The lowest BCUT2D eigenvalue weighted by Gasteiger charge is -2.26. The zero-order chi connectivity index (χ0) is 16.4. The first-order valence-corrected chi connectivity index (χ1v) is 8.44. The molecule has 3 N–H and O–H groups in total. The van der Waals surface area contributed by atoms with E-state index in [2.05, 4.69) is 5.32 Å². The summed E-state index contributed by atoms with van der Waals surface area (Å²) in [6.45, 7) is 2.99. The number of hydrogen-bond acceptors (Lipinski definition) is 3. The van der Waals surface area contributed by atoms with Crippen LogP contribution in [0.5, 0.6) is 0 Å². The van der Waals surface area contributed by atoms with E-state index >= 15 is 0 Å². The van der Waals surface area contributed by atoms with Gasteiger partial charge in [0, 0.05) is 25.6 Å². The highest BCUT2D eigenvalue weighted by molar-refractivity contribution is 5.91. The van der Waals surface area contributed by atoms with Crippen molar-refractivity contribution in [2.24, 2.45) is 11.7 Å². The van der Waals surface area contributed by atoms with E-state index in [4.69, 9.17) is 5.73 Å². The lowest BCUT2D eigenvalue weighted by atomic mass is 10.1. The van der Waals surface area contributed by atoms with Gasteiger partial charge in [-0.2, -0.15) is 0 Å². The molecule has 124 valence electrons. The van der Waals surface area contributed by atoms with Gasteiger partial charge in [0.05, 0.1) is 0 Å². The van der Waals surface area contributed by atoms with Crippen molar-refractivity contribution in [2.45, 2.75) is 51.2 Å². The number of nitrogens with zero attached hydrogens (tertiary/aromatic N) is 1. The molecule has 5 heteroatoms. The molecular formula is C18H25N3O2. The Hall–Kier alpha value is -1.88. The summed E-state index contributed by atoms with van der Waals surface area (Å²) < 4.78 is 0. The molecule has 1 aromatic rings. The SMILES string of the molecule is Cc1ccc(CN2C(=O)CCC2C(=O)NC(CN)C2CC2)cc1. The van der Waals surface area contributed by atoms with Gasteiger partial charge in [0.1, 0.15) is 6.04 Å². The zero-order valence-electron chi connectivity index (χ0n) is 13.6. The van der Waals surface area contributed by atoms with Crippen LogP contribution in [0.3, 0.4) is 0 Å². The van der Waals surface area contributed by atoms with Crippen molar-refractivity contribution in [1.82, 2.24) is 10.2 Å². The van der Waals surface area contributed by atoms with Crippen LogP contribution < -0.4 is 11.1 Å². The number of nitrogens with one attached hydrogen (secondary N) is 1. The summed E-state index contributed by atoms with van der Waals surface area (Å²) in [7, 11) is 0. The maximum atomic E-state index is 12.6. The molecule has 23 heavy (non-hydrogen) atoms. The minimum atomic E-state index is -0.364. The van der Waals surface area contributed by atoms with Gasteiger partial charge in [-0.15, -0.1) is 0 Å². The fraction of sp³-hybridized carbons (Fsp3) is 0.556. The first kappa shape index (κ1) is 16.0. The second-order valence-corrected chi connectivity index (χ2v) is 6.75. The molecule has 0 spiro atoms. The van der Waals surface area contributed by atoms with Gasteiger partial charge < -0.3 is 16.0 Å². The molecule has 0 bridgehead atoms. The predicted octanol–water partition coefficient (Wildman–Crippen LogP) is 1.34. The third-order valence-corrected chi connectivity index (χ3v) is 4.88. The van der Waals surface area contributed by atoms with Crippen molar-refractivity contribution in [3.05, 3.63) is 35.4 Å². The predicted molar refractivity (Wildman–Crippen MR) is 88.5 cm³/mol. The Kier molecular flexibility index (Phi) is 4.66. The summed E-state index contributed by atoms with van der Waals surface area (Å²) in [5.41, 5.74) is 8.01. The zero-order valence-corrected chi connectivity index (χ0v) is 13.6. The van der Waals surface area contributed by atoms with Crippen LogP contribution in [-0.4, -0.2) is 35.3 Å². The third kappa shape index (κ3) is 3.72. The Morgan fingerprint density at radius 3 is 2.61 bits per heavy atom. The van der Waals surface area contributed by atoms with Crippen LogP contribution in [0.15, 0.2) is 24.3 Å². The smallest absolute Gasteiger partial charge is 0.243 e. The number of likely N-dealkylation sites (tertiary alicyclic amines) is 1. The lowest BCUT2D eigenvalue weighted by molar-refractivity contribution is -0.136. The first-order chi connectivity index (χ1) is 11.1. The monoisotopic (exact) mass is 315 g/mol. The molecule has 0 radical (unpaired) electrons. The van der Waals surface area contributed by atoms with Gasteiger partial charge in [-0.1, -0.05) is 29.8 Å². The maximum Gasteiger partial charge on any atom is 0.243 e. The molecule has 2 amide bonds. The molecule has 1 aromatic carbocycles. The molecule has 3 rings (SSSR count). The second-order valence-electron chi connectivity index (χ2n) is 6.75. The van der Waals surface area contributed by atoms with Crippen molar-refractivity contribution in [2.75, 3.05) is 6.54 Å². The number of amides is 2. The van der Waals surface area contributed by atoms with Crippen molar-refractivity contribution in [3.8, 4) is 0 Å². The van der Waals surface area contributed by atoms with E-state index in [1.165, 1.54) is 5.56 Å². The Morgan fingerprint density at radius 2 is 2.00 bits per heavy atom. The maximum absolute atomic E-state index is 12.6. The third-order valence-electron chi connectivity index (χ3n) is 4.88. The van der Waals surface area contributed by atoms with Gasteiger partial charge in [0.15, 0.2) is 0 Å². The summed E-state index contributed by atoms with van der Waals surface area (Å²) >= 11 is 0. The quantitative estimate of drug-likeness (QED) is 0.832. The Morgan fingerprint density at radius 1 is 1.30 bits per heavy atom. The fourth-order valence-electron chi connectivity index (χ4n) is 3.24. The van der Waals surface area contributed by atoms with E-state index < -0.39 is 0 Å². The van der Waals surface area contributed by atoms with E-state index in [1.807, 2.05) is 31.2 Å². The number of nitrogens with two attached hydrogens (primary N) is 1. The molecule has 0 aromatic heterocycles. The van der Waals surface area contributed by atoms with E-state index in [0.29, 0.717) is 31.8 Å². The normalized spacial score (nSPS) is 22.3. The molecule has 1 saturated heterocycles. The molecule has 5 nitrogen and oxygen atoms in total. The standard InChI is InChI=1S/C18H25N3O2/c1-12-2-4-13(5-3-12)11-21-16(8-9-17(21)22)18(23)20-15(10-19)14-6-7-14/h2-5,14-16H,6-11,19H2,1H3,(H,20,23). The molecule has 2 unspecified atom stereocenters. The number of rotatable bonds is 6. The minimum Gasteiger partial charge on any atom is -0.350 e. The number of carbonyl (C=O) groups excluding carboxylic acids is 2. The van der Waals surface area contributed by atoms with Crippen molar-refractivity contribution >= 4 is 11.8 Å². The highest BCUT2D eigenvalue weighted by Crippen LogP contribution is 2.32. The Labute approximate surface area is 137 Å². The van der Waals surface area contributed by atoms with Crippen molar-refractivity contribution in [1.29, 1.82) is 0 Å². The summed E-state index contributed by atoms with van der Waals surface area (Å²) in [5, 5.41) is 3.06. The van der Waals surface area contributed by atoms with Crippen molar-refractivity contribution in [3.63, 3.8) is 0 Å². The average molecular weight is 315 g/mol. The summed E-state index contributed by atoms with van der Waals surface area (Å²) in [6, 6.07) is 7.78. The lowest BCUT2D eigenvalue weighted by Crippen LogP contribution is -2.50. The molecular weight excluding hydrogens is 290 g/mol. The minimum absolute atomic E-state index is 0.0506. The number of hydrogen-bond donors (Lipinski definition) is 2. The molecule has 1 heterocycles. The summed E-state index contributed by atoms with van der Waals surface area (Å²) in [5.74, 6) is 0.526. The van der Waals surface area contributed by atoms with Crippen LogP contribution in [0.4, 0.5) is 0 Å². The van der Waals surface area contributed by atoms with E-state index in [-0.39, 0.29) is 23.9 Å². The fourth-order valence-corrected chi connectivity index (χ4v) is 3.24. The Bertz CT molecular complexity index is 580. The van der Waals surface area contributed by atoms with E-state index in [0.717, 1.165) is 18.4 Å². The molecule has 1 saturated carbocycles. The van der Waals surface area contributed by atoms with E-state index in [9.17, 15) is 9.59 Å². The van der Waals surface area contributed by atoms with Crippen LogP contribution >= 0.6 is 0 Å². The van der Waals surface area contributed by atoms with Gasteiger partial charge in [-0.3, -0.25) is 9.59 Å². The molecule has 2 fully saturated rings. The van der Waals surface area contributed by atoms with Gasteiger partial charge in [0.25, 0.3) is 0 Å². The number of aryl methyl sites for hydroxylation is 1. The van der Waals surface area contributed by atoms with Crippen LogP contribution in [-0.2, 0) is 16.1 Å². The Balaban J connectivity index is 1.66. The van der Waals surface area contributed by atoms with Crippen LogP contribution in [0.1, 0.15) is 36.8 Å². The van der Waals surface area contributed by atoms with Crippen LogP contribution in [0.25, 0.3) is 0 Å². The highest BCUT2D eigenvalue weighted by atomic mass is 16.2. The van der Waals surface area contributed by atoms with Gasteiger partial charge in [-0.25, -0.2) is 0 Å². The van der Waals surface area contributed by atoms with Crippen LogP contribution in [0.2, 0.25) is 0 Å². The first-order valence-electron chi connectivity index (χ1n) is 8.44. The molecule has 2 atom stereocenters. The van der Waals surface area contributed by atoms with Gasteiger partial charge >= 0.3 is 0 Å². The van der Waals surface area contributed by atoms with Gasteiger partial charge in [0.2, 0.25) is 11.8 Å². The molecule has 1 aliphatic heterocycles. The van der Waals surface area contributed by atoms with Gasteiger partial charge in [-0.05, 0) is 37.7 Å². The van der Waals surface area contributed by atoms with Crippen molar-refractivity contribution < 1.29 is 9.59 Å². The average Bonchev–Trinajstić information content (AvgIpc) is 3.32. The molecule has 2 aliphatic rings. The molecule has 1 aliphatic carbocycles.